The van der Waals surface area contributed by atoms with Crippen molar-refractivity contribution >= 4 is 17.5 Å². The third-order valence-electron chi connectivity index (χ3n) is 4.42. The maximum Gasteiger partial charge on any atom is 0.263 e. The lowest BCUT2D eigenvalue weighted by Gasteiger charge is -2.13. The number of carbonyl (C=O) groups is 2. The summed E-state index contributed by atoms with van der Waals surface area (Å²) >= 11 is 0. The number of benzene rings is 1. The smallest absolute Gasteiger partial charge is 0.263 e. The summed E-state index contributed by atoms with van der Waals surface area (Å²) in [6.45, 7) is 7.28. The molecule has 2 aromatic heterocycles. The van der Waals surface area contributed by atoms with Gasteiger partial charge in [0.15, 0.2) is 23.9 Å². The third kappa shape index (κ3) is 5.25. The molecule has 2 heterocycles. The van der Waals surface area contributed by atoms with Gasteiger partial charge in [0.2, 0.25) is 0 Å². The molecule has 1 amide bonds. The fourth-order valence-electron chi connectivity index (χ4n) is 2.72. The number of methoxy groups -OCH3 is 1. The molecule has 0 atom stereocenters. The van der Waals surface area contributed by atoms with Crippen molar-refractivity contribution in [2.24, 2.45) is 0 Å². The monoisotopic (exact) mass is 423 g/mol. The molecule has 0 fully saturated rings. The summed E-state index contributed by atoms with van der Waals surface area (Å²) in [5.41, 5.74) is 1.04. The second kappa shape index (κ2) is 8.95. The van der Waals surface area contributed by atoms with Crippen LogP contribution in [0.2, 0.25) is 0 Å². The maximum atomic E-state index is 12.6. The topological polar surface area (TPSA) is 108 Å². The van der Waals surface area contributed by atoms with Crippen molar-refractivity contribution in [3.05, 3.63) is 54.0 Å². The van der Waals surface area contributed by atoms with Gasteiger partial charge < -0.3 is 14.8 Å². The van der Waals surface area contributed by atoms with E-state index in [9.17, 15) is 9.59 Å². The average molecular weight is 423 g/mol. The maximum absolute atomic E-state index is 12.6. The molecule has 0 radical (unpaired) electrons. The minimum atomic E-state index is -0.393. The SMILES string of the molecule is COc1cc(C(C)=O)ccc1OCC(=O)Nc1cc(C(C)(C)C)nn1-c1ncccn1. The van der Waals surface area contributed by atoms with E-state index in [4.69, 9.17) is 9.47 Å². The van der Waals surface area contributed by atoms with E-state index in [1.54, 1.807) is 42.7 Å². The summed E-state index contributed by atoms with van der Waals surface area (Å²) < 4.78 is 12.4. The largest absolute Gasteiger partial charge is 0.493 e. The van der Waals surface area contributed by atoms with Gasteiger partial charge >= 0.3 is 0 Å². The van der Waals surface area contributed by atoms with E-state index in [0.29, 0.717) is 28.8 Å². The summed E-state index contributed by atoms with van der Waals surface area (Å²) in [7, 11) is 1.47. The molecule has 0 aliphatic rings. The molecule has 9 heteroatoms. The van der Waals surface area contributed by atoms with Crippen LogP contribution in [-0.4, -0.2) is 45.2 Å². The first kappa shape index (κ1) is 21.9. The van der Waals surface area contributed by atoms with E-state index >= 15 is 0 Å². The number of ether oxygens (including phenoxy) is 2. The van der Waals surface area contributed by atoms with Crippen molar-refractivity contribution in [1.82, 2.24) is 19.7 Å². The predicted octanol–water partition coefficient (Wildman–Crippen LogP) is 3.19. The quantitative estimate of drug-likeness (QED) is 0.581. The van der Waals surface area contributed by atoms with Crippen molar-refractivity contribution in [3.63, 3.8) is 0 Å². The van der Waals surface area contributed by atoms with Gasteiger partial charge in [-0.25, -0.2) is 9.97 Å². The number of nitrogens with zero attached hydrogens (tertiary/aromatic N) is 4. The Kier molecular flexibility index (Phi) is 6.33. The normalized spacial score (nSPS) is 11.1. The zero-order valence-corrected chi connectivity index (χ0v) is 18.2. The molecule has 9 nitrogen and oxygen atoms in total. The lowest BCUT2D eigenvalue weighted by molar-refractivity contribution is -0.118. The number of hydrogen-bond acceptors (Lipinski definition) is 7. The molecule has 0 spiro atoms. The van der Waals surface area contributed by atoms with Crippen LogP contribution >= 0.6 is 0 Å². The van der Waals surface area contributed by atoms with Crippen LogP contribution in [0.25, 0.3) is 5.95 Å². The molecule has 0 saturated heterocycles. The van der Waals surface area contributed by atoms with Crippen LogP contribution in [0.5, 0.6) is 11.5 Å². The Hall–Kier alpha value is -3.75. The number of nitrogens with one attached hydrogen (secondary N) is 1. The van der Waals surface area contributed by atoms with Crippen molar-refractivity contribution in [1.29, 1.82) is 0 Å². The van der Waals surface area contributed by atoms with E-state index < -0.39 is 5.91 Å². The van der Waals surface area contributed by atoms with Crippen molar-refractivity contribution in [3.8, 4) is 17.4 Å². The van der Waals surface area contributed by atoms with Crippen molar-refractivity contribution in [2.75, 3.05) is 19.0 Å². The van der Waals surface area contributed by atoms with Gasteiger partial charge in [-0.05, 0) is 31.2 Å². The summed E-state index contributed by atoms with van der Waals surface area (Å²) in [5.74, 6) is 1.03. The Morgan fingerprint density at radius 1 is 1.10 bits per heavy atom. The van der Waals surface area contributed by atoms with Crippen LogP contribution in [0, 0.1) is 0 Å². The highest BCUT2D eigenvalue weighted by atomic mass is 16.5. The zero-order valence-electron chi connectivity index (χ0n) is 18.2. The highest BCUT2D eigenvalue weighted by Crippen LogP contribution is 2.29. The first-order valence-corrected chi connectivity index (χ1v) is 9.68. The van der Waals surface area contributed by atoms with Crippen LogP contribution in [0.15, 0.2) is 42.7 Å². The number of Topliss-reactive ketones (excluding diaryl/α,β-unsaturated/α-hetero) is 1. The van der Waals surface area contributed by atoms with Gasteiger partial charge in [-0.3, -0.25) is 9.59 Å². The van der Waals surface area contributed by atoms with Gasteiger partial charge in [-0.1, -0.05) is 20.8 Å². The number of aromatic nitrogens is 4. The fourth-order valence-corrected chi connectivity index (χ4v) is 2.72. The van der Waals surface area contributed by atoms with Gasteiger partial charge in [-0.2, -0.15) is 9.78 Å². The Morgan fingerprint density at radius 3 is 2.42 bits per heavy atom. The van der Waals surface area contributed by atoms with E-state index in [0.717, 1.165) is 5.69 Å². The number of anilines is 1. The highest BCUT2D eigenvalue weighted by Gasteiger charge is 2.22. The van der Waals surface area contributed by atoms with E-state index in [-0.39, 0.29) is 17.8 Å². The molecule has 1 N–H and O–H groups in total. The molecule has 3 rings (SSSR count). The average Bonchev–Trinajstić information content (AvgIpc) is 3.17. The summed E-state index contributed by atoms with van der Waals surface area (Å²) in [6.07, 6.45) is 3.21. The van der Waals surface area contributed by atoms with Gasteiger partial charge in [0.05, 0.1) is 12.8 Å². The Labute approximate surface area is 180 Å². The lowest BCUT2D eigenvalue weighted by atomic mass is 9.92. The Balaban J connectivity index is 1.78. The second-order valence-electron chi connectivity index (χ2n) is 7.88. The number of amides is 1. The Morgan fingerprint density at radius 2 is 1.81 bits per heavy atom. The van der Waals surface area contributed by atoms with Gasteiger partial charge in [0, 0.05) is 29.4 Å². The molecular weight excluding hydrogens is 398 g/mol. The summed E-state index contributed by atoms with van der Waals surface area (Å²) in [4.78, 5) is 32.6. The number of carbonyl (C=O) groups excluding carboxylic acids is 2. The van der Waals surface area contributed by atoms with Crippen LogP contribution in [0.4, 0.5) is 5.82 Å². The number of ketones is 1. The first-order chi connectivity index (χ1) is 14.7. The zero-order chi connectivity index (χ0) is 22.6. The van der Waals surface area contributed by atoms with Crippen molar-refractivity contribution in [2.45, 2.75) is 33.1 Å². The lowest BCUT2D eigenvalue weighted by Crippen LogP contribution is -2.22. The molecule has 3 aromatic rings. The highest BCUT2D eigenvalue weighted by molar-refractivity contribution is 5.95. The molecule has 0 unspecified atom stereocenters. The molecule has 162 valence electrons. The predicted molar refractivity (Wildman–Crippen MR) is 115 cm³/mol. The van der Waals surface area contributed by atoms with Crippen LogP contribution in [0.3, 0.4) is 0 Å². The Bertz CT molecular complexity index is 1090. The second-order valence-corrected chi connectivity index (χ2v) is 7.88. The first-order valence-electron chi connectivity index (χ1n) is 9.68. The van der Waals surface area contributed by atoms with E-state index in [1.807, 2.05) is 20.8 Å². The van der Waals surface area contributed by atoms with Gasteiger partial charge in [0.1, 0.15) is 5.82 Å². The molecule has 0 saturated carbocycles. The van der Waals surface area contributed by atoms with Crippen LogP contribution < -0.4 is 14.8 Å². The fraction of sp³-hybridized carbons (Fsp3) is 0.318. The molecule has 31 heavy (non-hydrogen) atoms. The van der Waals surface area contributed by atoms with Crippen LogP contribution in [-0.2, 0) is 10.2 Å². The van der Waals surface area contributed by atoms with Gasteiger partial charge in [-0.15, -0.1) is 0 Å². The molecular formula is C22H25N5O4. The van der Waals surface area contributed by atoms with E-state index in [1.165, 1.54) is 18.7 Å². The molecule has 0 aliphatic carbocycles. The molecule has 0 bridgehead atoms. The van der Waals surface area contributed by atoms with Crippen molar-refractivity contribution < 1.29 is 19.1 Å². The van der Waals surface area contributed by atoms with E-state index in [2.05, 4.69) is 20.4 Å². The third-order valence-corrected chi connectivity index (χ3v) is 4.42. The standard InChI is InChI=1S/C22H25N5O4/c1-14(28)15-7-8-16(17(11-15)30-5)31-13-20(29)25-19-12-18(22(2,3)4)26-27(19)21-23-9-6-10-24-21/h6-12H,13H2,1-5H3,(H,25,29). The minimum absolute atomic E-state index is 0.0892. The molecule has 0 aliphatic heterocycles. The summed E-state index contributed by atoms with van der Waals surface area (Å²) in [6, 6.07) is 8.29. The number of hydrogen-bond donors (Lipinski definition) is 1. The number of rotatable bonds is 7. The summed E-state index contributed by atoms with van der Waals surface area (Å²) in [5, 5.41) is 7.36. The van der Waals surface area contributed by atoms with Crippen LogP contribution in [0.1, 0.15) is 43.7 Å². The minimum Gasteiger partial charge on any atom is -0.493 e. The molecule has 1 aromatic carbocycles. The van der Waals surface area contributed by atoms with Gasteiger partial charge in [0.25, 0.3) is 11.9 Å².